The third-order valence-corrected chi connectivity index (χ3v) is 2.96. The topological polar surface area (TPSA) is 56.0 Å². The van der Waals surface area contributed by atoms with E-state index in [-0.39, 0.29) is 0 Å². The van der Waals surface area contributed by atoms with Crippen LogP contribution >= 0.6 is 22.9 Å². The number of carbonyl (C=O) groups excluding carboxylic acids is 1. The van der Waals surface area contributed by atoms with Crippen LogP contribution in [-0.4, -0.2) is 11.3 Å². The van der Waals surface area contributed by atoms with Gasteiger partial charge < -0.3 is 5.73 Å². The molecule has 2 aromatic rings. The van der Waals surface area contributed by atoms with Gasteiger partial charge in [0.25, 0.3) is 0 Å². The zero-order valence-electron chi connectivity index (χ0n) is 7.61. The summed E-state index contributed by atoms with van der Waals surface area (Å²) in [5.41, 5.74) is 7.00. The summed E-state index contributed by atoms with van der Waals surface area (Å²) in [6.07, 6.45) is 0.762. The van der Waals surface area contributed by atoms with Crippen LogP contribution in [0.4, 0.5) is 5.13 Å². The van der Waals surface area contributed by atoms with Crippen LogP contribution in [0.15, 0.2) is 24.3 Å². The molecule has 1 aromatic heterocycles. The monoisotopic (exact) mass is 238 g/mol. The van der Waals surface area contributed by atoms with Gasteiger partial charge in [-0.05, 0) is 12.1 Å². The van der Waals surface area contributed by atoms with Gasteiger partial charge in [-0.1, -0.05) is 35.1 Å². The van der Waals surface area contributed by atoms with E-state index in [1.807, 2.05) is 12.1 Å². The Labute approximate surface area is 95.5 Å². The molecule has 0 aliphatic rings. The van der Waals surface area contributed by atoms with E-state index in [4.69, 9.17) is 17.3 Å². The van der Waals surface area contributed by atoms with E-state index in [1.54, 1.807) is 12.1 Å². The maximum absolute atomic E-state index is 10.8. The third kappa shape index (κ3) is 2.00. The quantitative estimate of drug-likeness (QED) is 0.819. The van der Waals surface area contributed by atoms with Crippen molar-refractivity contribution in [3.63, 3.8) is 0 Å². The Bertz CT molecular complexity index is 493. The molecule has 0 spiro atoms. The number of halogens is 1. The number of nitrogen functional groups attached to an aromatic ring is 1. The number of anilines is 1. The number of benzene rings is 1. The van der Waals surface area contributed by atoms with Crippen LogP contribution in [0.5, 0.6) is 0 Å². The number of aldehydes is 1. The van der Waals surface area contributed by atoms with Crippen LogP contribution < -0.4 is 5.73 Å². The molecule has 0 aliphatic carbocycles. The molecule has 0 saturated carbocycles. The highest BCUT2D eigenvalue weighted by atomic mass is 35.5. The molecule has 76 valence electrons. The smallest absolute Gasteiger partial charge is 0.181 e. The maximum Gasteiger partial charge on any atom is 0.181 e. The van der Waals surface area contributed by atoms with E-state index in [0.29, 0.717) is 20.7 Å². The van der Waals surface area contributed by atoms with Crippen LogP contribution in [0, 0.1) is 0 Å². The van der Waals surface area contributed by atoms with Crippen LogP contribution in [-0.2, 0) is 0 Å². The van der Waals surface area contributed by atoms with Crippen molar-refractivity contribution in [2.45, 2.75) is 0 Å². The van der Waals surface area contributed by atoms with Crippen molar-refractivity contribution in [3.8, 4) is 11.3 Å². The molecule has 15 heavy (non-hydrogen) atoms. The summed E-state index contributed by atoms with van der Waals surface area (Å²) < 4.78 is 0. The lowest BCUT2D eigenvalue weighted by atomic mass is 10.1. The van der Waals surface area contributed by atoms with Gasteiger partial charge in [0.15, 0.2) is 11.4 Å². The molecule has 3 nitrogen and oxygen atoms in total. The molecule has 0 aliphatic heterocycles. The van der Waals surface area contributed by atoms with Crippen molar-refractivity contribution >= 4 is 34.4 Å². The Kier molecular flexibility index (Phi) is 2.70. The maximum atomic E-state index is 10.8. The molecule has 0 amide bonds. The van der Waals surface area contributed by atoms with Crippen LogP contribution in [0.25, 0.3) is 11.3 Å². The van der Waals surface area contributed by atoms with Gasteiger partial charge in [0.05, 0.1) is 10.6 Å². The summed E-state index contributed by atoms with van der Waals surface area (Å²) in [6.45, 7) is 0. The zero-order chi connectivity index (χ0) is 10.8. The number of nitrogens with zero attached hydrogens (tertiary/aromatic N) is 1. The SMILES string of the molecule is Nc1nc(-c2ccc(Cl)cc2)c(C=O)s1. The van der Waals surface area contributed by atoms with E-state index in [1.165, 1.54) is 11.3 Å². The first-order valence-electron chi connectivity index (χ1n) is 4.18. The fourth-order valence-corrected chi connectivity index (χ4v) is 2.04. The second-order valence-electron chi connectivity index (χ2n) is 2.89. The average molecular weight is 239 g/mol. The highest BCUT2D eigenvalue weighted by molar-refractivity contribution is 7.17. The highest BCUT2D eigenvalue weighted by Gasteiger charge is 2.10. The molecule has 0 atom stereocenters. The number of thiazole rings is 1. The minimum Gasteiger partial charge on any atom is -0.375 e. The molecule has 0 bridgehead atoms. The van der Waals surface area contributed by atoms with Crippen LogP contribution in [0.3, 0.4) is 0 Å². The van der Waals surface area contributed by atoms with E-state index < -0.39 is 0 Å². The number of hydrogen-bond acceptors (Lipinski definition) is 4. The first-order valence-corrected chi connectivity index (χ1v) is 5.37. The van der Waals surface area contributed by atoms with Gasteiger partial charge in [0.1, 0.15) is 0 Å². The number of rotatable bonds is 2. The molecule has 0 saturated heterocycles. The van der Waals surface area contributed by atoms with E-state index in [0.717, 1.165) is 11.8 Å². The largest absolute Gasteiger partial charge is 0.375 e. The summed E-state index contributed by atoms with van der Waals surface area (Å²) in [6, 6.07) is 7.12. The average Bonchev–Trinajstić information content (AvgIpc) is 2.61. The molecule has 2 N–H and O–H groups in total. The van der Waals surface area contributed by atoms with Gasteiger partial charge in [0.2, 0.25) is 0 Å². The van der Waals surface area contributed by atoms with Crippen molar-refractivity contribution in [3.05, 3.63) is 34.2 Å². The lowest BCUT2D eigenvalue weighted by Gasteiger charge is -1.97. The number of nitrogens with two attached hydrogens (primary N) is 1. The van der Waals surface area contributed by atoms with E-state index in [9.17, 15) is 4.79 Å². The molecule has 5 heteroatoms. The number of hydrogen-bond donors (Lipinski definition) is 1. The molecule has 1 heterocycles. The zero-order valence-corrected chi connectivity index (χ0v) is 9.18. The Morgan fingerprint density at radius 1 is 1.33 bits per heavy atom. The van der Waals surface area contributed by atoms with Crippen LogP contribution in [0.2, 0.25) is 5.02 Å². The van der Waals surface area contributed by atoms with Crippen molar-refractivity contribution in [2.75, 3.05) is 5.73 Å². The third-order valence-electron chi connectivity index (χ3n) is 1.89. The predicted molar refractivity (Wildman–Crippen MR) is 62.4 cm³/mol. The number of carbonyl (C=O) groups is 1. The summed E-state index contributed by atoms with van der Waals surface area (Å²) >= 11 is 6.94. The Morgan fingerprint density at radius 2 is 2.00 bits per heavy atom. The molecular formula is C10H7ClN2OS. The summed E-state index contributed by atoms with van der Waals surface area (Å²) in [4.78, 5) is 15.4. The fraction of sp³-hybridized carbons (Fsp3) is 0. The fourth-order valence-electron chi connectivity index (χ4n) is 1.24. The van der Waals surface area contributed by atoms with Gasteiger partial charge in [-0.15, -0.1) is 0 Å². The molecule has 0 unspecified atom stereocenters. The van der Waals surface area contributed by atoms with E-state index >= 15 is 0 Å². The van der Waals surface area contributed by atoms with Gasteiger partial charge >= 0.3 is 0 Å². The first kappa shape index (κ1) is 10.1. The standard InChI is InChI=1S/C10H7ClN2OS/c11-7-3-1-6(2-4-7)9-8(5-14)15-10(12)13-9/h1-5H,(H2,12,13). The lowest BCUT2D eigenvalue weighted by molar-refractivity contribution is 0.112. The molecular weight excluding hydrogens is 232 g/mol. The van der Waals surface area contributed by atoms with Crippen molar-refractivity contribution < 1.29 is 4.79 Å². The summed E-state index contributed by atoms with van der Waals surface area (Å²) in [7, 11) is 0. The van der Waals surface area contributed by atoms with Crippen molar-refractivity contribution in [2.24, 2.45) is 0 Å². The predicted octanol–water partition coefficient (Wildman–Crippen LogP) is 2.86. The summed E-state index contributed by atoms with van der Waals surface area (Å²) in [5.74, 6) is 0. The van der Waals surface area contributed by atoms with Gasteiger partial charge in [0, 0.05) is 10.6 Å². The van der Waals surface area contributed by atoms with Crippen molar-refractivity contribution in [1.29, 1.82) is 0 Å². The normalized spacial score (nSPS) is 10.2. The summed E-state index contributed by atoms with van der Waals surface area (Å²) in [5, 5.41) is 1.04. The minimum atomic E-state index is 0.391. The minimum absolute atomic E-state index is 0.391. The van der Waals surface area contributed by atoms with Gasteiger partial charge in [-0.25, -0.2) is 4.98 Å². The number of aromatic nitrogens is 1. The lowest BCUT2D eigenvalue weighted by Crippen LogP contribution is -1.84. The Balaban J connectivity index is 2.52. The highest BCUT2D eigenvalue weighted by Crippen LogP contribution is 2.28. The van der Waals surface area contributed by atoms with Gasteiger partial charge in [-0.2, -0.15) is 0 Å². The Hall–Kier alpha value is -1.39. The van der Waals surface area contributed by atoms with E-state index in [2.05, 4.69) is 4.98 Å². The van der Waals surface area contributed by atoms with Gasteiger partial charge in [-0.3, -0.25) is 4.79 Å². The molecule has 0 fully saturated rings. The second-order valence-corrected chi connectivity index (χ2v) is 4.39. The molecule has 2 rings (SSSR count). The first-order chi connectivity index (χ1) is 7.20. The van der Waals surface area contributed by atoms with Crippen molar-refractivity contribution in [1.82, 2.24) is 4.98 Å². The van der Waals surface area contributed by atoms with Crippen LogP contribution in [0.1, 0.15) is 9.67 Å². The molecule has 0 radical (unpaired) electrons. The molecule has 1 aromatic carbocycles. The Morgan fingerprint density at radius 3 is 2.60 bits per heavy atom. The second kappa shape index (κ2) is 4.00.